The van der Waals surface area contributed by atoms with Crippen LogP contribution in [-0.4, -0.2) is 26.4 Å². The molecule has 3 rings (SSSR count). The number of rotatable bonds is 2. The third kappa shape index (κ3) is 2.31. The molecule has 1 fully saturated rings. The van der Waals surface area contributed by atoms with Crippen LogP contribution < -0.4 is 15.2 Å². The second-order valence-corrected chi connectivity index (χ2v) is 4.88. The van der Waals surface area contributed by atoms with E-state index in [1.54, 1.807) is 0 Å². The lowest BCUT2D eigenvalue weighted by molar-refractivity contribution is 0.0583. The van der Waals surface area contributed by atoms with Crippen molar-refractivity contribution in [3.05, 3.63) is 23.8 Å². The summed E-state index contributed by atoms with van der Waals surface area (Å²) in [5, 5.41) is 0. The molecule has 0 saturated carbocycles. The van der Waals surface area contributed by atoms with Crippen LogP contribution in [0.4, 0.5) is 0 Å². The van der Waals surface area contributed by atoms with Gasteiger partial charge in [0.05, 0.1) is 0 Å². The molecule has 98 valence electrons. The zero-order valence-electron chi connectivity index (χ0n) is 10.4. The first-order valence-corrected chi connectivity index (χ1v) is 6.57. The molecular formula is C14H19NO3. The molecule has 0 bridgehead atoms. The van der Waals surface area contributed by atoms with E-state index in [0.717, 1.165) is 43.1 Å². The van der Waals surface area contributed by atoms with Gasteiger partial charge in [0.25, 0.3) is 0 Å². The Bertz CT molecular complexity index is 416. The van der Waals surface area contributed by atoms with E-state index >= 15 is 0 Å². The van der Waals surface area contributed by atoms with Crippen LogP contribution in [0.1, 0.15) is 24.4 Å². The second kappa shape index (κ2) is 5.16. The highest BCUT2D eigenvalue weighted by molar-refractivity contribution is 5.44. The molecule has 2 aliphatic heterocycles. The quantitative estimate of drug-likeness (QED) is 0.869. The summed E-state index contributed by atoms with van der Waals surface area (Å²) in [6.07, 6.45) is 2.07. The summed E-state index contributed by atoms with van der Waals surface area (Å²) >= 11 is 0. The molecule has 1 atom stereocenters. The Morgan fingerprint density at radius 2 is 1.72 bits per heavy atom. The standard InChI is InChI=1S/C14H19NO3/c15-14(10-3-5-16-6-4-10)11-1-2-12-13(9-11)18-8-7-17-12/h1-2,9-10,14H,3-8,15H2/t14-/m1/s1. The van der Waals surface area contributed by atoms with E-state index in [9.17, 15) is 0 Å². The molecule has 18 heavy (non-hydrogen) atoms. The lowest BCUT2D eigenvalue weighted by atomic mass is 9.87. The summed E-state index contributed by atoms with van der Waals surface area (Å²) < 4.78 is 16.5. The van der Waals surface area contributed by atoms with Crippen LogP contribution in [0.15, 0.2) is 18.2 Å². The second-order valence-electron chi connectivity index (χ2n) is 4.88. The minimum absolute atomic E-state index is 0.0599. The van der Waals surface area contributed by atoms with Crippen molar-refractivity contribution in [3.8, 4) is 11.5 Å². The Morgan fingerprint density at radius 1 is 1.00 bits per heavy atom. The third-order valence-corrected chi connectivity index (χ3v) is 3.72. The minimum atomic E-state index is 0.0599. The fourth-order valence-corrected chi connectivity index (χ4v) is 2.61. The SMILES string of the molecule is N[C@@H](c1ccc2c(c1)OCCO2)C1CCOCC1. The summed E-state index contributed by atoms with van der Waals surface area (Å²) in [7, 11) is 0. The maximum absolute atomic E-state index is 6.35. The fraction of sp³-hybridized carbons (Fsp3) is 0.571. The zero-order valence-corrected chi connectivity index (χ0v) is 10.4. The Balaban J connectivity index is 1.78. The fourth-order valence-electron chi connectivity index (χ4n) is 2.61. The van der Waals surface area contributed by atoms with Crippen LogP contribution in [-0.2, 0) is 4.74 Å². The van der Waals surface area contributed by atoms with Crippen LogP contribution in [0.3, 0.4) is 0 Å². The lowest BCUT2D eigenvalue weighted by Crippen LogP contribution is -2.27. The van der Waals surface area contributed by atoms with Crippen molar-refractivity contribution in [2.75, 3.05) is 26.4 Å². The van der Waals surface area contributed by atoms with Gasteiger partial charge in [-0.1, -0.05) is 6.07 Å². The normalized spacial score (nSPS) is 21.6. The van der Waals surface area contributed by atoms with Gasteiger partial charge in [0.1, 0.15) is 13.2 Å². The molecule has 0 amide bonds. The third-order valence-electron chi connectivity index (χ3n) is 3.72. The van der Waals surface area contributed by atoms with Gasteiger partial charge >= 0.3 is 0 Å². The molecule has 0 radical (unpaired) electrons. The maximum Gasteiger partial charge on any atom is 0.161 e. The summed E-state index contributed by atoms with van der Waals surface area (Å²) in [5.41, 5.74) is 7.48. The molecule has 1 aromatic carbocycles. The summed E-state index contributed by atoms with van der Waals surface area (Å²) in [4.78, 5) is 0. The monoisotopic (exact) mass is 249 g/mol. The van der Waals surface area contributed by atoms with Crippen molar-refractivity contribution in [2.24, 2.45) is 11.7 Å². The van der Waals surface area contributed by atoms with Crippen LogP contribution in [0.25, 0.3) is 0 Å². The Kier molecular flexibility index (Phi) is 3.39. The van der Waals surface area contributed by atoms with Crippen LogP contribution >= 0.6 is 0 Å². The summed E-state index contributed by atoms with van der Waals surface area (Å²) in [6, 6.07) is 6.09. The topological polar surface area (TPSA) is 53.7 Å². The highest BCUT2D eigenvalue weighted by Gasteiger charge is 2.23. The predicted molar refractivity (Wildman–Crippen MR) is 67.9 cm³/mol. The smallest absolute Gasteiger partial charge is 0.161 e. The predicted octanol–water partition coefficient (Wildman–Crippen LogP) is 1.88. The molecule has 0 spiro atoms. The number of hydrogen-bond acceptors (Lipinski definition) is 4. The molecule has 4 heteroatoms. The number of hydrogen-bond donors (Lipinski definition) is 1. The number of benzene rings is 1. The zero-order chi connectivity index (χ0) is 12.4. The first-order valence-electron chi connectivity index (χ1n) is 6.57. The molecule has 0 unspecified atom stereocenters. The molecule has 2 heterocycles. The van der Waals surface area contributed by atoms with Gasteiger partial charge in [0.2, 0.25) is 0 Å². The van der Waals surface area contributed by atoms with Crippen LogP contribution in [0, 0.1) is 5.92 Å². The van der Waals surface area contributed by atoms with Gasteiger partial charge < -0.3 is 19.9 Å². The van der Waals surface area contributed by atoms with Crippen LogP contribution in [0.5, 0.6) is 11.5 Å². The number of fused-ring (bicyclic) bond motifs is 1. The highest BCUT2D eigenvalue weighted by atomic mass is 16.6. The van der Waals surface area contributed by atoms with Gasteiger partial charge in [0, 0.05) is 19.3 Å². The van der Waals surface area contributed by atoms with Crippen molar-refractivity contribution in [1.82, 2.24) is 0 Å². The summed E-state index contributed by atoms with van der Waals surface area (Å²) in [5.74, 6) is 2.15. The average Bonchev–Trinajstić information content (AvgIpc) is 2.47. The van der Waals surface area contributed by atoms with Gasteiger partial charge in [-0.25, -0.2) is 0 Å². The van der Waals surface area contributed by atoms with Crippen molar-refractivity contribution >= 4 is 0 Å². The van der Waals surface area contributed by atoms with E-state index < -0.39 is 0 Å². The lowest BCUT2D eigenvalue weighted by Gasteiger charge is -2.28. The van der Waals surface area contributed by atoms with Crippen molar-refractivity contribution in [1.29, 1.82) is 0 Å². The van der Waals surface area contributed by atoms with Crippen molar-refractivity contribution in [3.63, 3.8) is 0 Å². The van der Waals surface area contributed by atoms with E-state index in [4.69, 9.17) is 19.9 Å². The van der Waals surface area contributed by atoms with Gasteiger partial charge in [0.15, 0.2) is 11.5 Å². The maximum atomic E-state index is 6.35. The Labute approximate surface area is 107 Å². The molecule has 0 aromatic heterocycles. The minimum Gasteiger partial charge on any atom is -0.486 e. The van der Waals surface area contributed by atoms with E-state index in [1.807, 2.05) is 18.2 Å². The van der Waals surface area contributed by atoms with E-state index in [2.05, 4.69) is 0 Å². The van der Waals surface area contributed by atoms with Crippen LogP contribution in [0.2, 0.25) is 0 Å². The molecule has 2 N–H and O–H groups in total. The Morgan fingerprint density at radius 3 is 2.50 bits per heavy atom. The van der Waals surface area contributed by atoms with E-state index in [-0.39, 0.29) is 6.04 Å². The first kappa shape index (κ1) is 11.8. The Hall–Kier alpha value is -1.26. The van der Waals surface area contributed by atoms with Gasteiger partial charge in [-0.15, -0.1) is 0 Å². The molecular weight excluding hydrogens is 230 g/mol. The molecule has 2 aliphatic rings. The van der Waals surface area contributed by atoms with Gasteiger partial charge in [-0.05, 0) is 36.5 Å². The average molecular weight is 249 g/mol. The van der Waals surface area contributed by atoms with E-state index in [1.165, 1.54) is 0 Å². The number of ether oxygens (including phenoxy) is 3. The van der Waals surface area contributed by atoms with Gasteiger partial charge in [-0.2, -0.15) is 0 Å². The highest BCUT2D eigenvalue weighted by Crippen LogP contribution is 2.35. The molecule has 0 aliphatic carbocycles. The molecule has 1 saturated heterocycles. The molecule has 1 aromatic rings. The molecule has 4 nitrogen and oxygen atoms in total. The largest absolute Gasteiger partial charge is 0.486 e. The summed E-state index contributed by atoms with van der Waals surface area (Å²) in [6.45, 7) is 2.88. The number of nitrogens with two attached hydrogens (primary N) is 1. The van der Waals surface area contributed by atoms with Crippen molar-refractivity contribution in [2.45, 2.75) is 18.9 Å². The van der Waals surface area contributed by atoms with E-state index in [0.29, 0.717) is 19.1 Å². The first-order chi connectivity index (χ1) is 8.84. The van der Waals surface area contributed by atoms with Gasteiger partial charge in [-0.3, -0.25) is 0 Å². The van der Waals surface area contributed by atoms with Crippen molar-refractivity contribution < 1.29 is 14.2 Å².